The summed E-state index contributed by atoms with van der Waals surface area (Å²) in [7, 11) is 0. The fraction of sp³-hybridized carbons (Fsp3) is 0.133. The second-order valence-electron chi connectivity index (χ2n) is 4.07. The second kappa shape index (κ2) is 5.19. The van der Waals surface area contributed by atoms with Crippen LogP contribution in [0.25, 0.3) is 10.8 Å². The number of aromatic nitrogens is 1. The zero-order valence-corrected chi connectivity index (χ0v) is 10.9. The van der Waals surface area contributed by atoms with E-state index in [-0.39, 0.29) is 0 Å². The van der Waals surface area contributed by atoms with E-state index >= 15 is 0 Å². The molecule has 1 aromatic carbocycles. The second-order valence-corrected chi connectivity index (χ2v) is 4.59. The van der Waals surface area contributed by atoms with Crippen molar-refractivity contribution in [2.75, 3.05) is 0 Å². The molecule has 1 nitrogen and oxygen atoms in total. The number of fused-ring (bicyclic) bond motifs is 1. The maximum Gasteiger partial charge on any atom is 0.0383 e. The predicted octanol–water partition coefficient (Wildman–Crippen LogP) is 4.26. The standard InChI is InChI=1S/C15H15NS/c1-11-7-8-14(17)9-12(2)16-10-13-5-3-4-6-15(11)13/h3-10,17H,1-2H3. The molecule has 2 heteroatoms. The van der Waals surface area contributed by atoms with Crippen LogP contribution in [-0.2, 0) is 0 Å². The van der Waals surface area contributed by atoms with Crippen molar-refractivity contribution in [1.82, 2.24) is 4.98 Å². The van der Waals surface area contributed by atoms with Crippen LogP contribution < -0.4 is 0 Å². The molecule has 0 N–H and O–H groups in total. The van der Waals surface area contributed by atoms with E-state index in [4.69, 9.17) is 0 Å². The first kappa shape index (κ1) is 11.9. The van der Waals surface area contributed by atoms with Crippen LogP contribution in [-0.4, -0.2) is 4.98 Å². The van der Waals surface area contributed by atoms with E-state index in [9.17, 15) is 0 Å². The minimum Gasteiger partial charge on any atom is -0.261 e. The highest BCUT2D eigenvalue weighted by Gasteiger charge is 1.92. The summed E-state index contributed by atoms with van der Waals surface area (Å²) in [6.45, 7) is 4.07. The first-order chi connectivity index (χ1) is 8.16. The third kappa shape index (κ3) is 2.98. The van der Waals surface area contributed by atoms with Gasteiger partial charge in [0, 0.05) is 22.2 Å². The lowest BCUT2D eigenvalue weighted by molar-refractivity contribution is 1.20. The Bertz CT molecular complexity index is 604. The van der Waals surface area contributed by atoms with E-state index < -0.39 is 0 Å². The number of nitrogens with zero attached hydrogens (tertiary/aromatic N) is 1. The van der Waals surface area contributed by atoms with Gasteiger partial charge in [-0.2, -0.15) is 0 Å². The van der Waals surface area contributed by atoms with E-state index in [0.717, 1.165) is 16.0 Å². The van der Waals surface area contributed by atoms with Crippen LogP contribution in [0.5, 0.6) is 0 Å². The molecule has 2 aromatic rings. The fourth-order valence-corrected chi connectivity index (χ4v) is 2.00. The van der Waals surface area contributed by atoms with Crippen molar-refractivity contribution >= 4 is 23.4 Å². The van der Waals surface area contributed by atoms with Crippen molar-refractivity contribution in [2.24, 2.45) is 0 Å². The van der Waals surface area contributed by atoms with Gasteiger partial charge in [0.15, 0.2) is 0 Å². The van der Waals surface area contributed by atoms with Crippen LogP contribution in [0, 0.1) is 13.8 Å². The van der Waals surface area contributed by atoms with E-state index in [1.807, 2.05) is 37.4 Å². The molecule has 17 heavy (non-hydrogen) atoms. The number of aryl methyl sites for hydroxylation is 2. The molecule has 0 atom stereocenters. The molecule has 2 rings (SSSR count). The lowest BCUT2D eigenvalue weighted by atomic mass is 10.1. The molecule has 0 bridgehead atoms. The van der Waals surface area contributed by atoms with Crippen LogP contribution in [0.4, 0.5) is 0 Å². The number of thiol groups is 1. The molecule has 1 aromatic heterocycles. The molecular formula is C15H15NS. The first-order valence-corrected chi connectivity index (χ1v) is 6.01. The van der Waals surface area contributed by atoms with Gasteiger partial charge in [0.05, 0.1) is 0 Å². The molecule has 0 spiro atoms. The predicted molar refractivity (Wildman–Crippen MR) is 76.1 cm³/mol. The average molecular weight is 241 g/mol. The average Bonchev–Trinajstić information content (AvgIpc) is 2.33. The maximum absolute atomic E-state index is 4.43. The van der Waals surface area contributed by atoms with E-state index in [1.54, 1.807) is 0 Å². The van der Waals surface area contributed by atoms with Crippen molar-refractivity contribution in [2.45, 2.75) is 18.7 Å². The molecule has 0 aliphatic rings. The first-order valence-electron chi connectivity index (χ1n) is 5.56. The third-order valence-corrected chi connectivity index (χ3v) is 2.93. The van der Waals surface area contributed by atoms with Gasteiger partial charge in [-0.3, -0.25) is 4.98 Å². The van der Waals surface area contributed by atoms with Gasteiger partial charge in [-0.05, 0) is 36.9 Å². The lowest BCUT2D eigenvalue weighted by Gasteiger charge is -1.97. The van der Waals surface area contributed by atoms with Crippen LogP contribution in [0.3, 0.4) is 0 Å². The molecule has 0 aliphatic heterocycles. The number of rotatable bonds is 0. The van der Waals surface area contributed by atoms with E-state index in [0.29, 0.717) is 0 Å². The van der Waals surface area contributed by atoms with Crippen molar-refractivity contribution in [1.29, 1.82) is 0 Å². The monoisotopic (exact) mass is 241 g/mol. The Morgan fingerprint density at radius 1 is 1.00 bits per heavy atom. The zero-order valence-electron chi connectivity index (χ0n) is 10.0. The maximum atomic E-state index is 4.43. The molecule has 86 valence electrons. The zero-order chi connectivity index (χ0) is 12.3. The number of hydrogen-bond donors (Lipinski definition) is 1. The lowest BCUT2D eigenvalue weighted by Crippen LogP contribution is -1.78. The molecule has 0 saturated heterocycles. The Kier molecular flexibility index (Phi) is 3.64. The van der Waals surface area contributed by atoms with E-state index in [2.05, 4.69) is 42.7 Å². The normalized spacial score (nSPS) is 10.1. The smallest absolute Gasteiger partial charge is 0.0383 e. The fourth-order valence-electron chi connectivity index (χ4n) is 1.74. The summed E-state index contributed by atoms with van der Waals surface area (Å²) < 4.78 is 0. The van der Waals surface area contributed by atoms with Gasteiger partial charge >= 0.3 is 0 Å². The van der Waals surface area contributed by atoms with Crippen molar-refractivity contribution < 1.29 is 0 Å². The molecule has 0 saturated carbocycles. The summed E-state index contributed by atoms with van der Waals surface area (Å²) in [6.07, 6.45) is 1.91. The molecule has 0 amide bonds. The quantitative estimate of drug-likeness (QED) is 0.680. The Balaban J connectivity index is 2.88. The highest BCUT2D eigenvalue weighted by molar-refractivity contribution is 7.80. The Hall–Kier alpha value is -1.54. The van der Waals surface area contributed by atoms with Crippen molar-refractivity contribution in [3.8, 4) is 0 Å². The Labute approximate surface area is 107 Å². The largest absolute Gasteiger partial charge is 0.261 e. The van der Waals surface area contributed by atoms with E-state index in [1.165, 1.54) is 10.9 Å². The van der Waals surface area contributed by atoms with Crippen LogP contribution in [0.1, 0.15) is 11.3 Å². The number of benzene rings is 1. The van der Waals surface area contributed by atoms with Crippen molar-refractivity contribution in [3.63, 3.8) is 0 Å². The molecule has 0 unspecified atom stereocenters. The third-order valence-electron chi connectivity index (χ3n) is 2.65. The summed E-state index contributed by atoms with van der Waals surface area (Å²) in [5, 5.41) is 2.35. The Morgan fingerprint density at radius 3 is 2.59 bits per heavy atom. The van der Waals surface area contributed by atoms with Gasteiger partial charge in [-0.1, -0.05) is 30.3 Å². The summed E-state index contributed by atoms with van der Waals surface area (Å²) >= 11 is 4.40. The van der Waals surface area contributed by atoms with Gasteiger partial charge in [0.2, 0.25) is 0 Å². The highest BCUT2D eigenvalue weighted by atomic mass is 32.1. The van der Waals surface area contributed by atoms with Gasteiger partial charge in [0.25, 0.3) is 0 Å². The van der Waals surface area contributed by atoms with Gasteiger partial charge in [-0.15, -0.1) is 12.6 Å². The summed E-state index contributed by atoms with van der Waals surface area (Å²) in [4.78, 5) is 5.35. The number of hydrogen-bond acceptors (Lipinski definition) is 2. The summed E-state index contributed by atoms with van der Waals surface area (Å²) in [5.74, 6) is 0. The molecule has 1 heterocycles. The molecule has 0 radical (unpaired) electrons. The van der Waals surface area contributed by atoms with Crippen LogP contribution in [0.15, 0.2) is 53.6 Å². The van der Waals surface area contributed by atoms with Crippen LogP contribution >= 0.6 is 12.6 Å². The topological polar surface area (TPSA) is 12.9 Å². The van der Waals surface area contributed by atoms with Crippen LogP contribution in [0.2, 0.25) is 0 Å². The SMILES string of the molecule is Cc1cc(S)ccc(C)c2ccccc2cn1. The summed E-state index contributed by atoms with van der Waals surface area (Å²) in [6, 6.07) is 14.3. The highest BCUT2D eigenvalue weighted by Crippen LogP contribution is 2.15. The van der Waals surface area contributed by atoms with Gasteiger partial charge in [-0.25, -0.2) is 0 Å². The van der Waals surface area contributed by atoms with Crippen molar-refractivity contribution in [3.05, 3.63) is 59.9 Å². The Morgan fingerprint density at radius 2 is 1.76 bits per heavy atom. The molecular weight excluding hydrogens is 226 g/mol. The summed E-state index contributed by atoms with van der Waals surface area (Å²) in [5.41, 5.74) is 2.17. The molecule has 0 aliphatic carbocycles. The minimum absolute atomic E-state index is 0.915. The molecule has 0 fully saturated rings. The van der Waals surface area contributed by atoms with Gasteiger partial charge < -0.3 is 0 Å². The minimum atomic E-state index is 0.915. The van der Waals surface area contributed by atoms with Gasteiger partial charge in [0.1, 0.15) is 0 Å².